The lowest BCUT2D eigenvalue weighted by Gasteiger charge is -2.20. The van der Waals surface area contributed by atoms with Crippen molar-refractivity contribution in [1.82, 2.24) is 4.57 Å². The number of aryl methyl sites for hydroxylation is 2. The number of carboxylic acids is 1. The Kier molecular flexibility index (Phi) is 4.34. The molecule has 0 fully saturated rings. The van der Waals surface area contributed by atoms with Gasteiger partial charge in [0.15, 0.2) is 0 Å². The van der Waals surface area contributed by atoms with E-state index in [0.29, 0.717) is 12.0 Å². The number of nitrogens with zero attached hydrogens (tertiary/aromatic N) is 1. The zero-order valence-electron chi connectivity index (χ0n) is 14.0. The third-order valence-electron chi connectivity index (χ3n) is 4.39. The normalized spacial score (nSPS) is 12.1. The Bertz CT molecular complexity index is 720. The Morgan fingerprint density at radius 3 is 2.41 bits per heavy atom. The highest BCUT2D eigenvalue weighted by molar-refractivity contribution is 6.04. The lowest BCUT2D eigenvalue weighted by atomic mass is 9.84. The second-order valence-electron chi connectivity index (χ2n) is 6.93. The van der Waals surface area contributed by atoms with E-state index in [-0.39, 0.29) is 12.0 Å². The zero-order valence-corrected chi connectivity index (χ0v) is 14.0. The van der Waals surface area contributed by atoms with E-state index in [0.717, 1.165) is 34.1 Å². The number of hydrogen-bond acceptors (Lipinski definition) is 2. The maximum Gasteiger partial charge on any atom is 0.337 e. The van der Waals surface area contributed by atoms with Crippen molar-refractivity contribution in [3.05, 3.63) is 34.5 Å². The molecule has 0 aliphatic rings. The predicted molar refractivity (Wildman–Crippen MR) is 88.7 cm³/mol. The number of fused-ring (bicyclic) bond motifs is 1. The van der Waals surface area contributed by atoms with Crippen molar-refractivity contribution < 1.29 is 15.0 Å². The van der Waals surface area contributed by atoms with Crippen molar-refractivity contribution in [3.63, 3.8) is 0 Å². The van der Waals surface area contributed by atoms with Gasteiger partial charge in [-0.1, -0.05) is 20.8 Å². The summed E-state index contributed by atoms with van der Waals surface area (Å²) in [5, 5.41) is 19.7. The number of aliphatic hydroxyl groups is 1. The van der Waals surface area contributed by atoms with Crippen LogP contribution in [0.25, 0.3) is 10.9 Å². The summed E-state index contributed by atoms with van der Waals surface area (Å²) in [4.78, 5) is 11.7. The third-order valence-corrected chi connectivity index (χ3v) is 4.39. The molecule has 0 aliphatic heterocycles. The van der Waals surface area contributed by atoms with Crippen LogP contribution in [0.5, 0.6) is 0 Å². The lowest BCUT2D eigenvalue weighted by Crippen LogP contribution is -2.13. The Morgan fingerprint density at radius 1 is 1.27 bits per heavy atom. The van der Waals surface area contributed by atoms with Gasteiger partial charge in [0.05, 0.1) is 11.1 Å². The Balaban J connectivity index is 2.85. The molecule has 1 aromatic carbocycles. The van der Waals surface area contributed by atoms with Crippen LogP contribution in [-0.4, -0.2) is 27.4 Å². The molecule has 0 atom stereocenters. The molecule has 0 spiro atoms. The Morgan fingerprint density at radius 2 is 1.91 bits per heavy atom. The van der Waals surface area contributed by atoms with Gasteiger partial charge in [0.2, 0.25) is 0 Å². The summed E-state index contributed by atoms with van der Waals surface area (Å²) in [5.74, 6) is -0.898. The van der Waals surface area contributed by atoms with Gasteiger partial charge in [-0.25, -0.2) is 4.79 Å². The molecule has 0 radical (unpaired) electrons. The molecule has 0 unspecified atom stereocenters. The van der Waals surface area contributed by atoms with E-state index < -0.39 is 5.97 Å². The first-order valence-corrected chi connectivity index (χ1v) is 7.65. The van der Waals surface area contributed by atoms with Crippen LogP contribution in [0.2, 0.25) is 0 Å². The van der Waals surface area contributed by atoms with E-state index in [2.05, 4.69) is 26.8 Å². The number of aliphatic hydroxyl groups excluding tert-OH is 1. The summed E-state index contributed by atoms with van der Waals surface area (Å²) in [6, 6.07) is 3.90. The van der Waals surface area contributed by atoms with Gasteiger partial charge in [-0.05, 0) is 48.4 Å². The molecule has 4 heteroatoms. The minimum atomic E-state index is -0.898. The van der Waals surface area contributed by atoms with Gasteiger partial charge in [-0.2, -0.15) is 0 Å². The zero-order chi connectivity index (χ0) is 16.7. The van der Waals surface area contributed by atoms with E-state index in [1.165, 1.54) is 0 Å². The molecule has 2 rings (SSSR count). The molecule has 0 saturated carbocycles. The molecule has 22 heavy (non-hydrogen) atoms. The van der Waals surface area contributed by atoms with Gasteiger partial charge in [0.25, 0.3) is 0 Å². The molecule has 1 heterocycles. The highest BCUT2D eigenvalue weighted by Gasteiger charge is 2.23. The van der Waals surface area contributed by atoms with Crippen LogP contribution in [0.15, 0.2) is 12.1 Å². The molecule has 120 valence electrons. The molecule has 0 saturated heterocycles. The molecular weight excluding hydrogens is 278 g/mol. The SMILES string of the molecule is Cc1c(CCCO)c2cc(C(C)(C)C)cc(C(=O)O)c2n1C. The van der Waals surface area contributed by atoms with E-state index in [1.807, 2.05) is 18.5 Å². The summed E-state index contributed by atoms with van der Waals surface area (Å²) in [5.41, 5.74) is 4.23. The fourth-order valence-corrected chi connectivity index (χ4v) is 2.96. The molecule has 2 aromatic rings. The molecule has 2 N–H and O–H groups in total. The number of aromatic nitrogens is 1. The Hall–Kier alpha value is -1.81. The van der Waals surface area contributed by atoms with Crippen LogP contribution in [0.1, 0.15) is 54.4 Å². The second kappa shape index (κ2) is 5.76. The van der Waals surface area contributed by atoms with E-state index in [4.69, 9.17) is 5.11 Å². The van der Waals surface area contributed by atoms with Crippen LogP contribution >= 0.6 is 0 Å². The monoisotopic (exact) mass is 303 g/mol. The maximum atomic E-state index is 11.7. The van der Waals surface area contributed by atoms with Crippen molar-refractivity contribution in [2.75, 3.05) is 6.61 Å². The largest absolute Gasteiger partial charge is 0.478 e. The van der Waals surface area contributed by atoms with Crippen molar-refractivity contribution in [3.8, 4) is 0 Å². The van der Waals surface area contributed by atoms with Gasteiger partial charge in [-0.3, -0.25) is 0 Å². The van der Waals surface area contributed by atoms with Crippen LogP contribution in [0, 0.1) is 6.92 Å². The minimum absolute atomic E-state index is 0.115. The van der Waals surface area contributed by atoms with Crippen LogP contribution in [-0.2, 0) is 18.9 Å². The van der Waals surface area contributed by atoms with Crippen molar-refractivity contribution in [2.45, 2.75) is 46.0 Å². The smallest absolute Gasteiger partial charge is 0.337 e. The Labute approximate surface area is 131 Å². The van der Waals surface area contributed by atoms with Crippen LogP contribution < -0.4 is 0 Å². The molecular formula is C18H25NO3. The summed E-state index contributed by atoms with van der Waals surface area (Å²) in [6.45, 7) is 8.41. The topological polar surface area (TPSA) is 62.5 Å². The molecule has 4 nitrogen and oxygen atoms in total. The van der Waals surface area contributed by atoms with Gasteiger partial charge >= 0.3 is 5.97 Å². The van der Waals surface area contributed by atoms with Gasteiger partial charge in [-0.15, -0.1) is 0 Å². The average Bonchev–Trinajstić information content (AvgIpc) is 2.67. The van der Waals surface area contributed by atoms with E-state index in [1.54, 1.807) is 6.07 Å². The number of carboxylic acid groups (broad SMARTS) is 1. The highest BCUT2D eigenvalue weighted by Crippen LogP contribution is 2.34. The van der Waals surface area contributed by atoms with Crippen molar-refractivity contribution in [2.24, 2.45) is 7.05 Å². The third kappa shape index (κ3) is 2.75. The average molecular weight is 303 g/mol. The molecule has 0 aliphatic carbocycles. The summed E-state index contributed by atoms with van der Waals surface area (Å²) in [6.07, 6.45) is 1.44. The lowest BCUT2D eigenvalue weighted by molar-refractivity contribution is 0.0698. The first-order valence-electron chi connectivity index (χ1n) is 7.65. The number of aromatic carboxylic acids is 1. The number of carbonyl (C=O) groups is 1. The second-order valence-corrected chi connectivity index (χ2v) is 6.93. The first-order chi connectivity index (χ1) is 10.2. The minimum Gasteiger partial charge on any atom is -0.478 e. The van der Waals surface area contributed by atoms with Crippen LogP contribution in [0.4, 0.5) is 0 Å². The molecule has 0 bridgehead atoms. The van der Waals surface area contributed by atoms with Crippen molar-refractivity contribution in [1.29, 1.82) is 0 Å². The van der Waals surface area contributed by atoms with Gasteiger partial charge in [0, 0.05) is 24.7 Å². The van der Waals surface area contributed by atoms with Gasteiger partial charge in [0.1, 0.15) is 0 Å². The van der Waals surface area contributed by atoms with E-state index in [9.17, 15) is 9.90 Å². The number of rotatable bonds is 4. The summed E-state index contributed by atoms with van der Waals surface area (Å²) in [7, 11) is 1.91. The summed E-state index contributed by atoms with van der Waals surface area (Å²) < 4.78 is 1.96. The van der Waals surface area contributed by atoms with Gasteiger partial charge < -0.3 is 14.8 Å². The highest BCUT2D eigenvalue weighted by atomic mass is 16.4. The number of benzene rings is 1. The number of hydrogen-bond donors (Lipinski definition) is 2. The quantitative estimate of drug-likeness (QED) is 0.910. The summed E-state index contributed by atoms with van der Waals surface area (Å²) >= 11 is 0. The maximum absolute atomic E-state index is 11.7. The first kappa shape index (κ1) is 16.6. The van der Waals surface area contributed by atoms with Crippen LogP contribution in [0.3, 0.4) is 0 Å². The standard InChI is InChI=1S/C18H25NO3/c1-11-13(7-6-8-20)14-9-12(18(2,3)4)10-15(17(21)22)16(14)19(11)5/h9-10,20H,6-8H2,1-5H3,(H,21,22). The molecule has 1 aromatic heterocycles. The van der Waals surface area contributed by atoms with Crippen molar-refractivity contribution >= 4 is 16.9 Å². The predicted octanol–water partition coefficient (Wildman–Crippen LogP) is 3.41. The van der Waals surface area contributed by atoms with E-state index >= 15 is 0 Å². The fraction of sp³-hybridized carbons (Fsp3) is 0.500. The fourth-order valence-electron chi connectivity index (χ4n) is 2.96. The molecule has 0 amide bonds.